The lowest BCUT2D eigenvalue weighted by molar-refractivity contribution is 0.350. The van der Waals surface area contributed by atoms with Crippen LogP contribution in [0.25, 0.3) is 10.9 Å². The van der Waals surface area contributed by atoms with Crippen LogP contribution in [0.2, 0.25) is 0 Å². The molecule has 4 N–H and O–H groups in total. The van der Waals surface area contributed by atoms with Crippen molar-refractivity contribution < 1.29 is 13.4 Å². The van der Waals surface area contributed by atoms with E-state index >= 15 is 0 Å². The van der Waals surface area contributed by atoms with Gasteiger partial charge in [-0.3, -0.25) is 4.98 Å². The van der Waals surface area contributed by atoms with Gasteiger partial charge in [-0.2, -0.15) is 0 Å². The number of hydrogen-bond donors (Lipinski definition) is 3. The number of fused-ring (bicyclic) bond motifs is 1. The molecule has 8 nitrogen and oxygen atoms in total. The average molecular weight is 452 g/mol. The molecule has 2 heterocycles. The Kier molecular flexibility index (Phi) is 6.70. The summed E-state index contributed by atoms with van der Waals surface area (Å²) < 4.78 is 25.0. The van der Waals surface area contributed by atoms with Gasteiger partial charge < -0.3 is 25.4 Å². The maximum Gasteiger partial charge on any atom is 0.204 e. The van der Waals surface area contributed by atoms with Crippen molar-refractivity contribution in [1.29, 1.82) is 0 Å². The van der Waals surface area contributed by atoms with Crippen LogP contribution in [0.4, 0.5) is 27.5 Å². The average Bonchev–Trinajstić information content (AvgIpc) is 2.81. The second kappa shape index (κ2) is 9.82. The van der Waals surface area contributed by atoms with E-state index in [1.807, 2.05) is 30.3 Å². The molecule has 4 rings (SSSR count). The molecule has 2 aromatic carbocycles. The number of nitrogens with zero attached hydrogens (tertiary/aromatic N) is 3. The van der Waals surface area contributed by atoms with Crippen molar-refractivity contribution in [2.45, 2.75) is 6.54 Å². The summed E-state index contributed by atoms with van der Waals surface area (Å²) in [6.45, 7) is 0.494. The molecule has 4 aromatic rings. The maximum atomic E-state index is 14.6. The van der Waals surface area contributed by atoms with Crippen molar-refractivity contribution in [3.63, 3.8) is 0 Å². The molecule has 164 valence electrons. The number of hydrogen-bond acceptors (Lipinski definition) is 8. The molecule has 10 heteroatoms. The number of nitrogens with one attached hydrogen (secondary N) is 2. The van der Waals surface area contributed by atoms with E-state index in [0.29, 0.717) is 23.5 Å². The van der Waals surface area contributed by atoms with E-state index in [-0.39, 0.29) is 11.5 Å². The van der Waals surface area contributed by atoms with E-state index in [4.69, 9.17) is 14.8 Å². The van der Waals surface area contributed by atoms with Gasteiger partial charge in [0.05, 0.1) is 17.4 Å². The molecule has 0 aliphatic carbocycles. The van der Waals surface area contributed by atoms with Gasteiger partial charge in [-0.1, -0.05) is 12.1 Å². The van der Waals surface area contributed by atoms with Crippen LogP contribution in [0.3, 0.4) is 0 Å². The summed E-state index contributed by atoms with van der Waals surface area (Å²) in [4.78, 5) is 12.9. The van der Waals surface area contributed by atoms with Crippen molar-refractivity contribution in [2.24, 2.45) is 0 Å². The van der Waals surface area contributed by atoms with Gasteiger partial charge >= 0.3 is 0 Å². The molecule has 0 unspecified atom stereocenters. The largest absolute Gasteiger partial charge is 0.381 e. The normalized spacial score (nSPS) is 11.1. The molecule has 0 spiro atoms. The second-order valence-corrected chi connectivity index (χ2v) is 8.55. The Labute approximate surface area is 185 Å². The summed E-state index contributed by atoms with van der Waals surface area (Å²) in [5, 5.41) is 7.80. The van der Waals surface area contributed by atoms with E-state index in [1.165, 1.54) is 26.5 Å². The SMILES string of the molecule is COP(OC)c1ccc(Nc2cnc(N)c(NCc3ccc4ncccc4c3)n2)c(F)c1. The van der Waals surface area contributed by atoms with Crippen LogP contribution in [-0.2, 0) is 15.6 Å². The highest BCUT2D eigenvalue weighted by atomic mass is 31.2. The first-order valence-electron chi connectivity index (χ1n) is 9.72. The molecular formula is C22H22FN6O2P. The van der Waals surface area contributed by atoms with Gasteiger partial charge in [0.1, 0.15) is 5.82 Å². The van der Waals surface area contributed by atoms with Crippen LogP contribution in [0.1, 0.15) is 5.56 Å². The lowest BCUT2D eigenvalue weighted by Gasteiger charge is -2.14. The lowest BCUT2D eigenvalue weighted by Crippen LogP contribution is -2.09. The highest BCUT2D eigenvalue weighted by molar-refractivity contribution is 7.55. The summed E-state index contributed by atoms with van der Waals surface area (Å²) in [5.74, 6) is 0.555. The Balaban J connectivity index is 1.48. The highest BCUT2D eigenvalue weighted by Crippen LogP contribution is 2.35. The summed E-state index contributed by atoms with van der Waals surface area (Å²) in [6, 6.07) is 14.6. The van der Waals surface area contributed by atoms with Crippen LogP contribution in [0.15, 0.2) is 60.9 Å². The Morgan fingerprint density at radius 1 is 1.06 bits per heavy atom. The molecule has 0 radical (unpaired) electrons. The van der Waals surface area contributed by atoms with Crippen molar-refractivity contribution in [1.82, 2.24) is 15.0 Å². The number of anilines is 4. The van der Waals surface area contributed by atoms with Crippen molar-refractivity contribution in [3.8, 4) is 0 Å². The predicted octanol–water partition coefficient (Wildman–Crippen LogP) is 4.33. The molecular weight excluding hydrogens is 430 g/mol. The van der Waals surface area contributed by atoms with Crippen molar-refractivity contribution >= 4 is 47.7 Å². The topological polar surface area (TPSA) is 107 Å². The summed E-state index contributed by atoms with van der Waals surface area (Å²) in [7, 11) is 1.73. The minimum atomic E-state index is -1.31. The van der Waals surface area contributed by atoms with E-state index in [2.05, 4.69) is 25.6 Å². The first kappa shape index (κ1) is 21.8. The third-order valence-corrected chi connectivity index (χ3v) is 6.05. The molecule has 0 aliphatic rings. The van der Waals surface area contributed by atoms with Gasteiger partial charge in [-0.15, -0.1) is 0 Å². The third kappa shape index (κ3) is 4.91. The number of rotatable bonds is 8. The Morgan fingerprint density at radius 2 is 1.91 bits per heavy atom. The fraction of sp³-hybridized carbons (Fsp3) is 0.136. The van der Waals surface area contributed by atoms with E-state index in [0.717, 1.165) is 16.5 Å². The van der Waals surface area contributed by atoms with Crippen LogP contribution >= 0.6 is 8.38 Å². The molecule has 0 saturated heterocycles. The molecule has 32 heavy (non-hydrogen) atoms. The molecule has 0 saturated carbocycles. The zero-order valence-corrected chi connectivity index (χ0v) is 18.4. The Morgan fingerprint density at radius 3 is 2.69 bits per heavy atom. The van der Waals surface area contributed by atoms with Gasteiger partial charge in [0.15, 0.2) is 17.5 Å². The number of pyridine rings is 1. The zero-order chi connectivity index (χ0) is 22.5. The smallest absolute Gasteiger partial charge is 0.204 e. The minimum absolute atomic E-state index is 0.250. The first-order valence-corrected chi connectivity index (χ1v) is 10.9. The Bertz CT molecular complexity index is 1240. The molecule has 2 aromatic heterocycles. The number of aromatic nitrogens is 3. The second-order valence-electron chi connectivity index (χ2n) is 6.78. The standard InChI is InChI=1S/C22H22FN6O2P/c1-30-32(31-2)16-6-8-19(17(23)11-16)28-20-13-26-21(24)22(29-20)27-12-14-5-7-18-15(10-14)4-3-9-25-18/h3-11,13H,12H2,1-2H3,(H2,24,26)(H2,27,28,29). The van der Waals surface area contributed by atoms with E-state index in [9.17, 15) is 4.39 Å². The predicted molar refractivity (Wildman–Crippen MR) is 126 cm³/mol. The van der Waals surface area contributed by atoms with Gasteiger partial charge in [-0.05, 0) is 42.0 Å². The van der Waals surface area contributed by atoms with Crippen molar-refractivity contribution in [2.75, 3.05) is 30.6 Å². The molecule has 0 fully saturated rings. The van der Waals surface area contributed by atoms with Gasteiger partial charge in [0.2, 0.25) is 8.38 Å². The fourth-order valence-electron chi connectivity index (χ4n) is 3.15. The molecule has 0 atom stereocenters. The number of benzene rings is 2. The van der Waals surface area contributed by atoms with Crippen LogP contribution in [0.5, 0.6) is 0 Å². The van der Waals surface area contributed by atoms with Gasteiger partial charge in [0, 0.05) is 37.7 Å². The quantitative estimate of drug-likeness (QED) is 0.339. The van der Waals surface area contributed by atoms with Crippen LogP contribution < -0.4 is 21.7 Å². The fourth-order valence-corrected chi connectivity index (χ4v) is 4.14. The molecule has 0 amide bonds. The maximum absolute atomic E-state index is 14.6. The molecule has 0 bridgehead atoms. The zero-order valence-electron chi connectivity index (χ0n) is 17.5. The summed E-state index contributed by atoms with van der Waals surface area (Å²) in [5.41, 5.74) is 8.20. The first-order chi connectivity index (χ1) is 15.6. The highest BCUT2D eigenvalue weighted by Gasteiger charge is 2.14. The van der Waals surface area contributed by atoms with E-state index < -0.39 is 14.2 Å². The van der Waals surface area contributed by atoms with Crippen molar-refractivity contribution in [3.05, 3.63) is 72.3 Å². The number of halogens is 1. The summed E-state index contributed by atoms with van der Waals surface area (Å²) in [6.07, 6.45) is 3.21. The van der Waals surface area contributed by atoms with Gasteiger partial charge in [-0.25, -0.2) is 14.4 Å². The molecule has 0 aliphatic heterocycles. The lowest BCUT2D eigenvalue weighted by atomic mass is 10.1. The van der Waals surface area contributed by atoms with Crippen LogP contribution in [0, 0.1) is 5.82 Å². The number of nitrogens with two attached hydrogens (primary N) is 1. The number of nitrogen functional groups attached to an aromatic ring is 1. The van der Waals surface area contributed by atoms with Gasteiger partial charge in [0.25, 0.3) is 0 Å². The Hall–Kier alpha value is -3.39. The monoisotopic (exact) mass is 452 g/mol. The van der Waals surface area contributed by atoms with Crippen LogP contribution in [-0.4, -0.2) is 29.2 Å². The van der Waals surface area contributed by atoms with E-state index in [1.54, 1.807) is 18.3 Å². The minimum Gasteiger partial charge on any atom is -0.381 e. The third-order valence-electron chi connectivity index (χ3n) is 4.69. The summed E-state index contributed by atoms with van der Waals surface area (Å²) >= 11 is 0.